The monoisotopic (exact) mass is 1020 g/mol. The Labute approximate surface area is 397 Å². The summed E-state index contributed by atoms with van der Waals surface area (Å²) in [6.45, 7) is 0. The summed E-state index contributed by atoms with van der Waals surface area (Å²) in [6.07, 6.45) is 0. The molecule has 352 valence electrons. The second kappa shape index (κ2) is 17.9. The van der Waals surface area contributed by atoms with Crippen LogP contribution < -0.4 is 5.32 Å². The van der Waals surface area contributed by atoms with Gasteiger partial charge in [-0.2, -0.15) is 38.8 Å². The topological polar surface area (TPSA) is 324 Å². The van der Waals surface area contributed by atoms with Crippen molar-refractivity contribution < 1.29 is 57.0 Å². The molecule has 9 aromatic carbocycles. The van der Waals surface area contributed by atoms with Crippen LogP contribution in [0.2, 0.25) is 0 Å². The Morgan fingerprint density at radius 3 is 1.50 bits per heavy atom. The molecule has 24 heteroatoms. The summed E-state index contributed by atoms with van der Waals surface area (Å²) < 4.78 is 138. The first-order valence-electron chi connectivity index (χ1n) is 20.1. The van der Waals surface area contributed by atoms with Gasteiger partial charge in [0.25, 0.3) is 40.5 Å². The molecule has 0 aliphatic carbocycles. The number of azo groups is 3. The van der Waals surface area contributed by atoms with Crippen LogP contribution in [0.5, 0.6) is 5.75 Å². The quantitative estimate of drug-likeness (QED) is 0.0490. The van der Waals surface area contributed by atoms with Crippen LogP contribution in [0.15, 0.2) is 202 Å². The molecular formula is C46H31N7O13S4. The maximum absolute atomic E-state index is 12.7. The lowest BCUT2D eigenvalue weighted by molar-refractivity contribution is 0.472. The summed E-state index contributed by atoms with van der Waals surface area (Å²) in [4.78, 5) is -2.81. The number of fused-ring (bicyclic) bond motifs is 4. The molecule has 0 saturated heterocycles. The molecule has 0 amide bonds. The van der Waals surface area contributed by atoms with Crippen molar-refractivity contribution in [3.8, 4) is 5.75 Å². The highest BCUT2D eigenvalue weighted by molar-refractivity contribution is 7.87. The third-order valence-corrected chi connectivity index (χ3v) is 14.2. The highest BCUT2D eigenvalue weighted by Crippen LogP contribution is 2.44. The van der Waals surface area contributed by atoms with E-state index in [4.69, 9.17) is 0 Å². The molecule has 0 aliphatic heterocycles. The van der Waals surface area contributed by atoms with Crippen molar-refractivity contribution in [2.45, 2.75) is 19.6 Å². The van der Waals surface area contributed by atoms with E-state index in [0.29, 0.717) is 33.9 Å². The van der Waals surface area contributed by atoms with Gasteiger partial charge in [0.05, 0.1) is 38.2 Å². The highest BCUT2D eigenvalue weighted by Gasteiger charge is 2.24. The Bertz CT molecular complexity index is 4230. The van der Waals surface area contributed by atoms with Gasteiger partial charge in [-0.15, -0.1) is 25.6 Å². The Hall–Kier alpha value is -7.94. The molecule has 70 heavy (non-hydrogen) atoms. The fourth-order valence-corrected chi connectivity index (χ4v) is 10.0. The molecule has 0 fully saturated rings. The third-order valence-electron chi connectivity index (χ3n) is 10.8. The molecule has 0 spiro atoms. The van der Waals surface area contributed by atoms with Gasteiger partial charge in [-0.25, -0.2) is 0 Å². The van der Waals surface area contributed by atoms with Gasteiger partial charge in [-0.3, -0.25) is 18.2 Å². The van der Waals surface area contributed by atoms with E-state index < -0.39 is 71.5 Å². The molecule has 9 rings (SSSR count). The lowest BCUT2D eigenvalue weighted by Gasteiger charge is -2.12. The molecule has 0 aliphatic rings. The van der Waals surface area contributed by atoms with E-state index in [2.05, 4.69) is 36.0 Å². The smallest absolute Gasteiger partial charge is 0.296 e. The van der Waals surface area contributed by atoms with Gasteiger partial charge in [0.15, 0.2) is 5.75 Å². The molecule has 20 nitrogen and oxygen atoms in total. The Morgan fingerprint density at radius 2 is 0.900 bits per heavy atom. The Morgan fingerprint density at radius 1 is 0.357 bits per heavy atom. The number of phenols is 1. The molecule has 0 unspecified atom stereocenters. The van der Waals surface area contributed by atoms with Gasteiger partial charge >= 0.3 is 0 Å². The fourth-order valence-electron chi connectivity index (χ4n) is 7.52. The van der Waals surface area contributed by atoms with Gasteiger partial charge in [-0.05, 0) is 108 Å². The molecular weight excluding hydrogens is 987 g/mol. The molecule has 6 N–H and O–H groups in total. The van der Waals surface area contributed by atoms with E-state index in [0.717, 1.165) is 30.0 Å². The summed E-state index contributed by atoms with van der Waals surface area (Å²) >= 11 is 0. The average Bonchev–Trinajstić information content (AvgIpc) is 3.31. The second-order valence-electron chi connectivity index (χ2n) is 15.3. The maximum Gasteiger partial charge on any atom is 0.296 e. The zero-order valence-electron chi connectivity index (χ0n) is 35.3. The number of rotatable bonds is 12. The van der Waals surface area contributed by atoms with Crippen molar-refractivity contribution in [1.82, 2.24) is 0 Å². The van der Waals surface area contributed by atoms with Gasteiger partial charge < -0.3 is 10.4 Å². The first-order chi connectivity index (χ1) is 33.1. The molecule has 0 radical (unpaired) electrons. The van der Waals surface area contributed by atoms with E-state index in [9.17, 15) is 57.0 Å². The molecule has 0 aromatic heterocycles. The van der Waals surface area contributed by atoms with Gasteiger partial charge in [0.1, 0.15) is 15.5 Å². The van der Waals surface area contributed by atoms with Crippen molar-refractivity contribution in [1.29, 1.82) is 0 Å². The molecule has 0 saturated carbocycles. The molecule has 0 bridgehead atoms. The van der Waals surface area contributed by atoms with Crippen LogP contribution in [0.1, 0.15) is 0 Å². The molecule has 0 heterocycles. The number of nitrogens with one attached hydrogen (secondary N) is 1. The number of phenolic OH excluding ortho intramolecular Hbond substituents is 1. The molecule has 0 atom stereocenters. The van der Waals surface area contributed by atoms with Crippen LogP contribution in [0, 0.1) is 0 Å². The van der Waals surface area contributed by atoms with E-state index in [-0.39, 0.29) is 49.4 Å². The second-order valence-corrected chi connectivity index (χ2v) is 20.9. The summed E-state index contributed by atoms with van der Waals surface area (Å²) in [7, 11) is -19.6. The first-order valence-corrected chi connectivity index (χ1v) is 25.8. The summed E-state index contributed by atoms with van der Waals surface area (Å²) in [5.41, 5.74) is 1.59. The standard InChI is InChI=1S/C46H31N7O13S4/c54-46-33-14-12-29(47-28-6-2-1-3-7-28)20-27(33)22-44(70(64,65)66)45(46)53-52-42-19-18-41(36-15-13-31(24-38(36)42)67(55,56)57)51-50-40-17-16-39(34-8-4-5-9-35(34)40)49-48-30-11-10-26-21-32(68(58,59)60)25-43(37(26)23-30)69(61,62)63/h1-25,47,54H,(H,55,56,57)(H,58,59,60)(H,61,62,63)(H,64,65,66). The van der Waals surface area contributed by atoms with Gasteiger partial charge in [0, 0.05) is 43.7 Å². The highest BCUT2D eigenvalue weighted by atomic mass is 32.2. The first kappa shape index (κ1) is 47.1. The normalized spacial score (nSPS) is 12.9. The zero-order chi connectivity index (χ0) is 49.8. The van der Waals surface area contributed by atoms with Crippen molar-refractivity contribution in [2.24, 2.45) is 30.7 Å². The van der Waals surface area contributed by atoms with E-state index in [1.165, 1.54) is 42.5 Å². The summed E-state index contributed by atoms with van der Waals surface area (Å²) in [6, 6.07) is 37.1. The number of hydrogen-bond donors (Lipinski definition) is 6. The van der Waals surface area contributed by atoms with Gasteiger partial charge in [0.2, 0.25) is 0 Å². The average molecular weight is 1020 g/mol. The van der Waals surface area contributed by atoms with Crippen LogP contribution in [-0.2, 0) is 40.5 Å². The summed E-state index contributed by atoms with van der Waals surface area (Å²) in [5, 5.41) is 42.0. The Kier molecular flexibility index (Phi) is 12.0. The zero-order valence-corrected chi connectivity index (χ0v) is 38.5. The number of benzene rings is 9. The van der Waals surface area contributed by atoms with Crippen LogP contribution in [0.25, 0.3) is 43.1 Å². The van der Waals surface area contributed by atoms with E-state index in [1.807, 2.05) is 30.3 Å². The maximum atomic E-state index is 12.7. The SMILES string of the molecule is O=S(=O)(O)c1cc(S(=O)(=O)O)c2cc(N=Nc3ccc(N=Nc4ccc(N=Nc5c(S(=O)(=O)O)cc6cc(Nc7ccccc7)ccc6c5O)c5cc(S(=O)(=O)O)ccc45)c4ccccc34)ccc2c1. The minimum absolute atomic E-state index is 0.0533. The lowest BCUT2D eigenvalue weighted by Crippen LogP contribution is -2.04. The largest absolute Gasteiger partial charge is 0.505 e. The summed E-state index contributed by atoms with van der Waals surface area (Å²) in [5.74, 6) is -0.629. The predicted molar refractivity (Wildman–Crippen MR) is 259 cm³/mol. The number of nitrogens with zero attached hydrogens (tertiary/aromatic N) is 6. The van der Waals surface area contributed by atoms with Crippen molar-refractivity contribution >= 4 is 129 Å². The van der Waals surface area contributed by atoms with Crippen molar-refractivity contribution in [2.75, 3.05) is 5.32 Å². The van der Waals surface area contributed by atoms with Crippen LogP contribution in [0.4, 0.5) is 45.5 Å². The fraction of sp³-hybridized carbons (Fsp3) is 0. The minimum Gasteiger partial charge on any atom is -0.505 e. The molecule has 9 aromatic rings. The Balaban J connectivity index is 1.07. The van der Waals surface area contributed by atoms with Crippen LogP contribution >= 0.6 is 0 Å². The van der Waals surface area contributed by atoms with Gasteiger partial charge in [-0.1, -0.05) is 54.6 Å². The van der Waals surface area contributed by atoms with Crippen LogP contribution in [-0.4, -0.2) is 57.0 Å². The lowest BCUT2D eigenvalue weighted by atomic mass is 10.1. The number of para-hydroxylation sites is 1. The number of anilines is 2. The van der Waals surface area contributed by atoms with E-state index in [1.54, 1.807) is 48.5 Å². The number of aromatic hydroxyl groups is 1. The van der Waals surface area contributed by atoms with Crippen molar-refractivity contribution in [3.05, 3.63) is 152 Å². The van der Waals surface area contributed by atoms with E-state index >= 15 is 0 Å². The predicted octanol–water partition coefficient (Wildman–Crippen LogP) is 12.0. The third kappa shape index (κ3) is 9.69. The van der Waals surface area contributed by atoms with Crippen molar-refractivity contribution in [3.63, 3.8) is 0 Å². The minimum atomic E-state index is -5.02. The number of hydrogen-bond acceptors (Lipinski definition) is 16. The van der Waals surface area contributed by atoms with Crippen LogP contribution in [0.3, 0.4) is 0 Å².